The van der Waals surface area contributed by atoms with Crippen LogP contribution >= 0.6 is 0 Å². The Kier molecular flexibility index (Phi) is 6.03. The first-order chi connectivity index (χ1) is 12.6. The SMILES string of the molecule is CCN(c1nncc(NCCCc2ccccc2)n1)C1CCS(=O)(=O)C1. The van der Waals surface area contributed by atoms with E-state index >= 15 is 0 Å². The highest BCUT2D eigenvalue weighted by atomic mass is 32.2. The largest absolute Gasteiger partial charge is 0.369 e. The molecule has 8 heteroatoms. The summed E-state index contributed by atoms with van der Waals surface area (Å²) < 4.78 is 23.5. The van der Waals surface area contributed by atoms with Crippen LogP contribution in [0.2, 0.25) is 0 Å². The van der Waals surface area contributed by atoms with Crippen LogP contribution in [-0.4, -0.2) is 54.2 Å². The van der Waals surface area contributed by atoms with Gasteiger partial charge in [0.15, 0.2) is 15.7 Å². The molecule has 7 nitrogen and oxygen atoms in total. The molecule has 1 fully saturated rings. The quantitative estimate of drug-likeness (QED) is 0.705. The maximum absolute atomic E-state index is 11.8. The summed E-state index contributed by atoms with van der Waals surface area (Å²) in [4.78, 5) is 6.46. The van der Waals surface area contributed by atoms with Crippen molar-refractivity contribution < 1.29 is 8.42 Å². The van der Waals surface area contributed by atoms with Gasteiger partial charge in [0, 0.05) is 19.1 Å². The lowest BCUT2D eigenvalue weighted by Crippen LogP contribution is -2.37. The molecular weight excluding hydrogens is 350 g/mol. The summed E-state index contributed by atoms with van der Waals surface area (Å²) in [6, 6.07) is 10.3. The average Bonchev–Trinajstić information content (AvgIpc) is 3.00. The summed E-state index contributed by atoms with van der Waals surface area (Å²) in [5.74, 6) is 1.56. The number of hydrogen-bond donors (Lipinski definition) is 1. The van der Waals surface area contributed by atoms with Crippen LogP contribution in [0.15, 0.2) is 36.5 Å². The Balaban J connectivity index is 1.57. The van der Waals surface area contributed by atoms with Crippen LogP contribution in [0.25, 0.3) is 0 Å². The Morgan fingerprint density at radius 1 is 1.27 bits per heavy atom. The van der Waals surface area contributed by atoms with E-state index in [1.54, 1.807) is 6.20 Å². The third kappa shape index (κ3) is 4.91. The number of aryl methyl sites for hydroxylation is 1. The first-order valence-electron chi connectivity index (χ1n) is 9.02. The van der Waals surface area contributed by atoms with Gasteiger partial charge in [0.2, 0.25) is 5.95 Å². The zero-order valence-electron chi connectivity index (χ0n) is 15.0. The van der Waals surface area contributed by atoms with Gasteiger partial charge in [-0.05, 0) is 31.7 Å². The van der Waals surface area contributed by atoms with Gasteiger partial charge in [0.1, 0.15) is 0 Å². The van der Waals surface area contributed by atoms with Gasteiger partial charge in [-0.3, -0.25) is 0 Å². The molecule has 0 aliphatic carbocycles. The fraction of sp³-hybridized carbons (Fsp3) is 0.500. The van der Waals surface area contributed by atoms with Crippen LogP contribution in [0.3, 0.4) is 0 Å². The maximum atomic E-state index is 11.8. The Morgan fingerprint density at radius 2 is 2.08 bits per heavy atom. The van der Waals surface area contributed by atoms with Gasteiger partial charge in [-0.2, -0.15) is 10.1 Å². The molecule has 1 aliphatic rings. The summed E-state index contributed by atoms with van der Waals surface area (Å²) in [5.41, 5.74) is 1.32. The van der Waals surface area contributed by atoms with Crippen molar-refractivity contribution in [3.05, 3.63) is 42.1 Å². The van der Waals surface area contributed by atoms with E-state index < -0.39 is 9.84 Å². The van der Waals surface area contributed by atoms with Crippen LogP contribution in [0.1, 0.15) is 25.3 Å². The van der Waals surface area contributed by atoms with E-state index in [1.807, 2.05) is 30.0 Å². The lowest BCUT2D eigenvalue weighted by atomic mass is 10.1. The molecule has 1 unspecified atom stereocenters. The molecule has 0 amide bonds. The Bertz CT molecular complexity index is 813. The van der Waals surface area contributed by atoms with Crippen molar-refractivity contribution in [3.63, 3.8) is 0 Å². The predicted octanol–water partition coefficient (Wildman–Crippen LogP) is 1.93. The number of anilines is 2. The highest BCUT2D eigenvalue weighted by Crippen LogP contribution is 2.21. The molecule has 1 saturated heterocycles. The summed E-state index contributed by atoms with van der Waals surface area (Å²) in [6.07, 6.45) is 4.21. The van der Waals surface area contributed by atoms with E-state index in [0.29, 0.717) is 24.7 Å². The second kappa shape index (κ2) is 8.44. The van der Waals surface area contributed by atoms with Gasteiger partial charge >= 0.3 is 0 Å². The standard InChI is InChI=1S/C18H25N5O2S/c1-2-23(16-10-12-26(24,25)14-16)18-21-17(13-20-22-18)19-11-6-9-15-7-4-3-5-8-15/h3-5,7-8,13,16H,2,6,9-12,14H2,1H3,(H,19,21,22). The van der Waals surface area contributed by atoms with Crippen molar-refractivity contribution in [3.8, 4) is 0 Å². The van der Waals surface area contributed by atoms with Crippen LogP contribution < -0.4 is 10.2 Å². The second-order valence-electron chi connectivity index (χ2n) is 6.50. The summed E-state index contributed by atoms with van der Waals surface area (Å²) >= 11 is 0. The predicted molar refractivity (Wildman–Crippen MR) is 103 cm³/mol. The van der Waals surface area contributed by atoms with Gasteiger partial charge in [-0.1, -0.05) is 30.3 Å². The first kappa shape index (κ1) is 18.6. The number of nitrogens with zero attached hydrogens (tertiary/aromatic N) is 4. The molecule has 0 radical (unpaired) electrons. The minimum absolute atomic E-state index is 0.0693. The monoisotopic (exact) mass is 375 g/mol. The van der Waals surface area contributed by atoms with E-state index in [1.165, 1.54) is 5.56 Å². The maximum Gasteiger partial charge on any atom is 0.247 e. The second-order valence-corrected chi connectivity index (χ2v) is 8.73. The van der Waals surface area contributed by atoms with Crippen LogP contribution in [-0.2, 0) is 16.3 Å². The lowest BCUT2D eigenvalue weighted by molar-refractivity contribution is 0.598. The third-order valence-electron chi connectivity index (χ3n) is 4.59. The van der Waals surface area contributed by atoms with Crippen molar-refractivity contribution in [1.29, 1.82) is 0 Å². The smallest absolute Gasteiger partial charge is 0.247 e. The highest BCUT2D eigenvalue weighted by Gasteiger charge is 2.33. The van der Waals surface area contributed by atoms with Gasteiger partial charge < -0.3 is 10.2 Å². The van der Waals surface area contributed by atoms with Crippen LogP contribution in [0.5, 0.6) is 0 Å². The molecular formula is C18H25N5O2S. The summed E-state index contributed by atoms with van der Waals surface area (Å²) in [7, 11) is -2.95. The van der Waals surface area contributed by atoms with Gasteiger partial charge in [0.05, 0.1) is 17.7 Å². The van der Waals surface area contributed by atoms with Crippen molar-refractivity contribution in [2.24, 2.45) is 0 Å². The minimum atomic E-state index is -2.95. The van der Waals surface area contributed by atoms with E-state index in [-0.39, 0.29) is 17.5 Å². The first-order valence-corrected chi connectivity index (χ1v) is 10.8. The Morgan fingerprint density at radius 3 is 2.77 bits per heavy atom. The van der Waals surface area contributed by atoms with E-state index in [4.69, 9.17) is 0 Å². The molecule has 2 aromatic rings. The van der Waals surface area contributed by atoms with Gasteiger partial charge in [0.25, 0.3) is 0 Å². The number of nitrogens with one attached hydrogen (secondary N) is 1. The van der Waals surface area contributed by atoms with Crippen LogP contribution in [0, 0.1) is 0 Å². The molecule has 1 aromatic heterocycles. The van der Waals surface area contributed by atoms with Crippen LogP contribution in [0.4, 0.5) is 11.8 Å². The van der Waals surface area contributed by atoms with Gasteiger partial charge in [-0.15, -0.1) is 5.10 Å². The number of rotatable bonds is 8. The van der Waals surface area contributed by atoms with E-state index in [0.717, 1.165) is 19.4 Å². The topological polar surface area (TPSA) is 88.1 Å². The average molecular weight is 375 g/mol. The third-order valence-corrected chi connectivity index (χ3v) is 6.34. The van der Waals surface area contributed by atoms with E-state index in [2.05, 4.69) is 32.6 Å². The normalized spacial score (nSPS) is 18.6. The van der Waals surface area contributed by atoms with Crippen molar-refractivity contribution in [2.75, 3.05) is 34.8 Å². The molecule has 1 N–H and O–H groups in total. The van der Waals surface area contributed by atoms with Crippen molar-refractivity contribution >= 4 is 21.6 Å². The fourth-order valence-corrected chi connectivity index (χ4v) is 4.97. The molecule has 1 aromatic carbocycles. The Labute approximate surface area is 154 Å². The molecule has 1 aliphatic heterocycles. The van der Waals surface area contributed by atoms with Crippen molar-refractivity contribution in [1.82, 2.24) is 15.2 Å². The lowest BCUT2D eigenvalue weighted by Gasteiger charge is -2.26. The van der Waals surface area contributed by atoms with Gasteiger partial charge in [-0.25, -0.2) is 8.42 Å². The number of aromatic nitrogens is 3. The molecule has 0 bridgehead atoms. The molecule has 3 rings (SSSR count). The molecule has 0 saturated carbocycles. The minimum Gasteiger partial charge on any atom is -0.369 e. The number of sulfone groups is 1. The molecule has 2 heterocycles. The fourth-order valence-electron chi connectivity index (χ4n) is 3.24. The molecule has 0 spiro atoms. The zero-order chi connectivity index (χ0) is 18.4. The summed E-state index contributed by atoms with van der Waals surface area (Å²) in [5, 5.41) is 11.4. The highest BCUT2D eigenvalue weighted by molar-refractivity contribution is 7.91. The molecule has 1 atom stereocenters. The summed E-state index contributed by atoms with van der Waals surface area (Å²) in [6.45, 7) is 3.42. The Hall–Kier alpha value is -2.22. The molecule has 140 valence electrons. The van der Waals surface area contributed by atoms with Crippen molar-refractivity contribution in [2.45, 2.75) is 32.2 Å². The van der Waals surface area contributed by atoms with E-state index in [9.17, 15) is 8.42 Å². The number of hydrogen-bond acceptors (Lipinski definition) is 7. The zero-order valence-corrected chi connectivity index (χ0v) is 15.8. The molecule has 26 heavy (non-hydrogen) atoms. The number of benzene rings is 1.